The zero-order valence-corrected chi connectivity index (χ0v) is 19.0. The highest BCUT2D eigenvalue weighted by atomic mass is 19.4. The minimum Gasteiger partial charge on any atom is -0.352 e. The Labute approximate surface area is 200 Å². The van der Waals surface area contributed by atoms with E-state index in [1.54, 1.807) is 18.1 Å². The number of halogens is 5. The van der Waals surface area contributed by atoms with Crippen molar-refractivity contribution in [2.45, 2.75) is 38.7 Å². The van der Waals surface area contributed by atoms with Crippen molar-refractivity contribution in [2.75, 3.05) is 13.2 Å². The summed E-state index contributed by atoms with van der Waals surface area (Å²) in [4.78, 5) is 0. The van der Waals surface area contributed by atoms with E-state index in [-0.39, 0.29) is 17.1 Å². The Kier molecular flexibility index (Phi) is 6.29. The highest BCUT2D eigenvalue weighted by Crippen LogP contribution is 2.35. The molecule has 0 spiro atoms. The molecule has 1 heterocycles. The number of alkyl halides is 3. The second kappa shape index (κ2) is 9.25. The Balaban J connectivity index is 1.40. The molecule has 7 heteroatoms. The first-order chi connectivity index (χ1) is 16.7. The molecule has 2 aliphatic rings. The molecule has 1 saturated heterocycles. The number of fused-ring (bicyclic) bond motifs is 2. The fraction of sp³-hybridized carbons (Fsp3) is 0.357. The molecule has 1 atom stereocenters. The summed E-state index contributed by atoms with van der Waals surface area (Å²) in [5, 5.41) is 0.276. The molecule has 3 aromatic rings. The van der Waals surface area contributed by atoms with Crippen molar-refractivity contribution < 1.29 is 31.4 Å². The molecule has 5 rings (SSSR count). The fourth-order valence-electron chi connectivity index (χ4n) is 4.84. The summed E-state index contributed by atoms with van der Waals surface area (Å²) in [6.07, 6.45) is -2.31. The molecule has 2 nitrogen and oxygen atoms in total. The lowest BCUT2D eigenvalue weighted by atomic mass is 9.82. The normalized spacial score (nSPS) is 22.4. The zero-order chi connectivity index (χ0) is 24.7. The SMILES string of the molecule is CC1COC(C2CCc3cc(-c4ccc5c(F)c(C#CC(F)(F)F)c(F)cc5c4)ccc3C2)OC1. The van der Waals surface area contributed by atoms with Crippen LogP contribution in [-0.2, 0) is 22.3 Å². The lowest BCUT2D eigenvalue weighted by Crippen LogP contribution is -2.38. The third-order valence-corrected chi connectivity index (χ3v) is 6.64. The maximum atomic E-state index is 14.7. The monoisotopic (exact) mass is 486 g/mol. The van der Waals surface area contributed by atoms with Gasteiger partial charge >= 0.3 is 6.18 Å². The van der Waals surface area contributed by atoms with Crippen LogP contribution in [0.4, 0.5) is 22.0 Å². The van der Waals surface area contributed by atoms with Crippen molar-refractivity contribution in [3.8, 4) is 23.0 Å². The van der Waals surface area contributed by atoms with Gasteiger partial charge in [-0.05, 0) is 59.0 Å². The molecule has 182 valence electrons. The van der Waals surface area contributed by atoms with Crippen LogP contribution in [0.1, 0.15) is 30.0 Å². The number of hydrogen-bond donors (Lipinski definition) is 0. The van der Waals surface area contributed by atoms with Crippen LogP contribution in [0.2, 0.25) is 0 Å². The summed E-state index contributed by atoms with van der Waals surface area (Å²) in [6.45, 7) is 3.53. The van der Waals surface area contributed by atoms with E-state index in [9.17, 15) is 22.0 Å². The average Bonchev–Trinajstić information content (AvgIpc) is 2.82. The first-order valence-electron chi connectivity index (χ1n) is 11.5. The van der Waals surface area contributed by atoms with E-state index in [0.717, 1.165) is 42.4 Å². The van der Waals surface area contributed by atoms with Crippen molar-refractivity contribution >= 4 is 10.8 Å². The van der Waals surface area contributed by atoms with Crippen molar-refractivity contribution in [3.63, 3.8) is 0 Å². The van der Waals surface area contributed by atoms with E-state index in [1.165, 1.54) is 17.2 Å². The first-order valence-corrected chi connectivity index (χ1v) is 11.5. The van der Waals surface area contributed by atoms with Gasteiger partial charge in [-0.2, -0.15) is 13.2 Å². The van der Waals surface area contributed by atoms with Crippen LogP contribution in [0.15, 0.2) is 42.5 Å². The number of ether oxygens (including phenoxy) is 2. The maximum Gasteiger partial charge on any atom is 0.458 e. The highest BCUT2D eigenvalue weighted by molar-refractivity contribution is 5.89. The topological polar surface area (TPSA) is 18.5 Å². The van der Waals surface area contributed by atoms with Crippen LogP contribution >= 0.6 is 0 Å². The van der Waals surface area contributed by atoms with Gasteiger partial charge in [0.1, 0.15) is 11.6 Å². The van der Waals surface area contributed by atoms with Crippen LogP contribution in [0.5, 0.6) is 0 Å². The largest absolute Gasteiger partial charge is 0.458 e. The van der Waals surface area contributed by atoms with Gasteiger partial charge in [0.15, 0.2) is 6.29 Å². The number of rotatable bonds is 2. The predicted molar refractivity (Wildman–Crippen MR) is 123 cm³/mol. The van der Waals surface area contributed by atoms with Gasteiger partial charge in [0, 0.05) is 23.1 Å². The summed E-state index contributed by atoms with van der Waals surface area (Å²) in [5.74, 6) is 1.01. The molecule has 0 bridgehead atoms. The molecule has 1 fully saturated rings. The van der Waals surface area contributed by atoms with E-state index in [2.05, 4.69) is 19.1 Å². The average molecular weight is 486 g/mol. The van der Waals surface area contributed by atoms with Gasteiger partial charge in [-0.15, -0.1) is 0 Å². The van der Waals surface area contributed by atoms with E-state index < -0.39 is 23.4 Å². The van der Waals surface area contributed by atoms with Crippen molar-refractivity contribution in [1.29, 1.82) is 0 Å². The van der Waals surface area contributed by atoms with Crippen LogP contribution < -0.4 is 0 Å². The Morgan fingerprint density at radius 3 is 2.37 bits per heavy atom. The standard InChI is InChI=1S/C28H23F5O2/c1-16-14-34-27(35-15-16)21-5-4-18-10-17(2-3-19(18)11-21)20-6-7-23-22(12-20)13-25(29)24(26(23)30)8-9-28(31,32)33/h2-3,6-7,10,12-13,16,21,27H,4-5,11,14-15H2,1H3. The number of hydrogen-bond acceptors (Lipinski definition) is 2. The molecule has 1 aliphatic heterocycles. The van der Waals surface area contributed by atoms with E-state index in [1.807, 2.05) is 6.07 Å². The minimum atomic E-state index is -4.83. The summed E-state index contributed by atoms with van der Waals surface area (Å²) in [7, 11) is 0. The zero-order valence-electron chi connectivity index (χ0n) is 19.0. The van der Waals surface area contributed by atoms with Gasteiger partial charge < -0.3 is 9.47 Å². The Bertz CT molecular complexity index is 1330. The molecular weight excluding hydrogens is 463 g/mol. The quantitative estimate of drug-likeness (QED) is 0.293. The number of benzene rings is 3. The summed E-state index contributed by atoms with van der Waals surface area (Å²) < 4.78 is 78.1. The Morgan fingerprint density at radius 1 is 0.914 bits per heavy atom. The van der Waals surface area contributed by atoms with Gasteiger partial charge in [-0.25, -0.2) is 8.78 Å². The fourth-order valence-corrected chi connectivity index (χ4v) is 4.84. The minimum absolute atomic E-state index is 0.0178. The third kappa shape index (κ3) is 5.05. The summed E-state index contributed by atoms with van der Waals surface area (Å²) in [6, 6.07) is 11.9. The molecule has 3 aromatic carbocycles. The molecular formula is C28H23F5O2. The van der Waals surface area contributed by atoms with Gasteiger partial charge in [-0.1, -0.05) is 43.2 Å². The lowest BCUT2D eigenvalue weighted by molar-refractivity contribution is -0.223. The van der Waals surface area contributed by atoms with Crippen molar-refractivity contribution in [1.82, 2.24) is 0 Å². The van der Waals surface area contributed by atoms with E-state index in [0.29, 0.717) is 25.0 Å². The molecule has 1 aliphatic carbocycles. The molecule has 0 amide bonds. The maximum absolute atomic E-state index is 14.7. The van der Waals surface area contributed by atoms with E-state index >= 15 is 0 Å². The summed E-state index contributed by atoms with van der Waals surface area (Å²) >= 11 is 0. The Morgan fingerprint density at radius 2 is 1.63 bits per heavy atom. The van der Waals surface area contributed by atoms with Gasteiger partial charge in [0.25, 0.3) is 0 Å². The molecule has 1 unspecified atom stereocenters. The van der Waals surface area contributed by atoms with Gasteiger partial charge in [0.05, 0.1) is 18.8 Å². The molecule has 35 heavy (non-hydrogen) atoms. The second-order valence-electron chi connectivity index (χ2n) is 9.36. The van der Waals surface area contributed by atoms with Crippen LogP contribution in [0.25, 0.3) is 21.9 Å². The lowest BCUT2D eigenvalue weighted by Gasteiger charge is -2.35. The Hall–Kier alpha value is -2.95. The first kappa shape index (κ1) is 23.8. The summed E-state index contributed by atoms with van der Waals surface area (Å²) in [5.41, 5.74) is 3.25. The molecule has 0 saturated carbocycles. The van der Waals surface area contributed by atoms with E-state index in [4.69, 9.17) is 9.47 Å². The van der Waals surface area contributed by atoms with Crippen LogP contribution in [0, 0.1) is 35.3 Å². The predicted octanol–water partition coefficient (Wildman–Crippen LogP) is 6.81. The second-order valence-corrected chi connectivity index (χ2v) is 9.36. The van der Waals surface area contributed by atoms with Gasteiger partial charge in [0.2, 0.25) is 0 Å². The van der Waals surface area contributed by atoms with Crippen molar-refractivity contribution in [2.24, 2.45) is 11.8 Å². The third-order valence-electron chi connectivity index (χ3n) is 6.64. The molecule has 0 aromatic heterocycles. The highest BCUT2D eigenvalue weighted by Gasteiger charge is 2.31. The van der Waals surface area contributed by atoms with Crippen LogP contribution in [-0.4, -0.2) is 25.7 Å². The smallest absolute Gasteiger partial charge is 0.352 e. The van der Waals surface area contributed by atoms with Crippen molar-refractivity contribution in [3.05, 3.63) is 70.8 Å². The molecule has 0 radical (unpaired) electrons. The number of aryl methyl sites for hydroxylation is 1. The molecule has 0 N–H and O–H groups in total. The van der Waals surface area contributed by atoms with Gasteiger partial charge in [-0.3, -0.25) is 0 Å². The van der Waals surface area contributed by atoms with Crippen LogP contribution in [0.3, 0.4) is 0 Å².